The van der Waals surface area contributed by atoms with Crippen molar-refractivity contribution in [2.24, 2.45) is 0 Å². The molecule has 4 nitrogen and oxygen atoms in total. The number of hydrogen-bond donors (Lipinski definition) is 1. The minimum Gasteiger partial charge on any atom is -0.310 e. The minimum atomic E-state index is 0.0818. The van der Waals surface area contributed by atoms with Crippen molar-refractivity contribution >= 4 is 0 Å². The number of unbranched alkanes of at least 4 members (excludes halogenated alkanes) is 1. The van der Waals surface area contributed by atoms with Crippen LogP contribution in [0.5, 0.6) is 0 Å². The predicted octanol–water partition coefficient (Wildman–Crippen LogP) is 3.20. The summed E-state index contributed by atoms with van der Waals surface area (Å²) in [6.07, 6.45) is 7.19. The molecule has 0 unspecified atom stereocenters. The van der Waals surface area contributed by atoms with Gasteiger partial charge in [-0.3, -0.25) is 4.79 Å². The molecule has 1 aromatic heterocycles. The highest BCUT2D eigenvalue weighted by molar-refractivity contribution is 5.16. The SMILES string of the molecule is CCCCn1nc(C(C)C)cc(CNC2CCCC2)c1=O. The number of aromatic nitrogens is 2. The molecule has 4 heteroatoms. The number of aryl methyl sites for hydroxylation is 1. The average Bonchev–Trinajstić information content (AvgIpc) is 2.98. The van der Waals surface area contributed by atoms with E-state index in [-0.39, 0.29) is 5.56 Å². The first-order valence-corrected chi connectivity index (χ1v) is 8.46. The second kappa shape index (κ2) is 7.74. The molecule has 2 rings (SSSR count). The van der Waals surface area contributed by atoms with Gasteiger partial charge in [-0.2, -0.15) is 5.10 Å². The standard InChI is InChI=1S/C17H29N3O/c1-4-5-10-20-17(21)14(11-16(19-20)13(2)3)12-18-15-8-6-7-9-15/h11,13,15,18H,4-10,12H2,1-3H3. The Morgan fingerprint density at radius 1 is 1.38 bits per heavy atom. The highest BCUT2D eigenvalue weighted by Crippen LogP contribution is 2.18. The third kappa shape index (κ3) is 4.40. The van der Waals surface area contributed by atoms with Crippen molar-refractivity contribution < 1.29 is 0 Å². The molecule has 0 spiro atoms. The molecule has 1 N–H and O–H groups in total. The molecule has 1 heterocycles. The minimum absolute atomic E-state index is 0.0818. The summed E-state index contributed by atoms with van der Waals surface area (Å²) in [4.78, 5) is 12.5. The zero-order valence-electron chi connectivity index (χ0n) is 13.7. The summed E-state index contributed by atoms with van der Waals surface area (Å²) in [5.41, 5.74) is 1.98. The van der Waals surface area contributed by atoms with Crippen LogP contribution in [-0.2, 0) is 13.1 Å². The summed E-state index contributed by atoms with van der Waals surface area (Å²) in [7, 11) is 0. The van der Waals surface area contributed by atoms with Gasteiger partial charge in [0, 0.05) is 24.7 Å². The quantitative estimate of drug-likeness (QED) is 0.839. The van der Waals surface area contributed by atoms with Crippen molar-refractivity contribution in [3.8, 4) is 0 Å². The maximum absolute atomic E-state index is 12.5. The first-order valence-electron chi connectivity index (χ1n) is 8.46. The third-order valence-electron chi connectivity index (χ3n) is 4.32. The van der Waals surface area contributed by atoms with E-state index in [1.54, 1.807) is 4.68 Å². The summed E-state index contributed by atoms with van der Waals surface area (Å²) in [5, 5.41) is 8.07. The molecular weight excluding hydrogens is 262 g/mol. The number of hydrogen-bond acceptors (Lipinski definition) is 3. The van der Waals surface area contributed by atoms with Crippen LogP contribution in [0.1, 0.15) is 76.5 Å². The molecule has 1 aliphatic carbocycles. The molecule has 0 atom stereocenters. The van der Waals surface area contributed by atoms with Crippen molar-refractivity contribution in [3.63, 3.8) is 0 Å². The van der Waals surface area contributed by atoms with Gasteiger partial charge in [0.2, 0.25) is 0 Å². The summed E-state index contributed by atoms with van der Waals surface area (Å²) >= 11 is 0. The van der Waals surface area contributed by atoms with Crippen LogP contribution in [0.15, 0.2) is 10.9 Å². The monoisotopic (exact) mass is 291 g/mol. The van der Waals surface area contributed by atoms with Crippen LogP contribution in [0.3, 0.4) is 0 Å². The average molecular weight is 291 g/mol. The lowest BCUT2D eigenvalue weighted by Crippen LogP contribution is -2.33. The second-order valence-electron chi connectivity index (χ2n) is 6.49. The van der Waals surface area contributed by atoms with Crippen LogP contribution >= 0.6 is 0 Å². The summed E-state index contributed by atoms with van der Waals surface area (Å²) < 4.78 is 1.67. The second-order valence-corrected chi connectivity index (χ2v) is 6.49. The molecule has 0 aromatic carbocycles. The molecule has 1 saturated carbocycles. The van der Waals surface area contributed by atoms with Gasteiger partial charge in [0.15, 0.2) is 0 Å². The topological polar surface area (TPSA) is 46.9 Å². The van der Waals surface area contributed by atoms with Gasteiger partial charge in [0.05, 0.1) is 5.69 Å². The van der Waals surface area contributed by atoms with Gasteiger partial charge in [-0.25, -0.2) is 4.68 Å². The summed E-state index contributed by atoms with van der Waals surface area (Å²) in [5.74, 6) is 0.351. The van der Waals surface area contributed by atoms with Crippen LogP contribution in [0, 0.1) is 0 Å². The van der Waals surface area contributed by atoms with Gasteiger partial charge in [-0.1, -0.05) is 40.0 Å². The number of nitrogens with zero attached hydrogens (tertiary/aromatic N) is 2. The first kappa shape index (κ1) is 16.2. The summed E-state index contributed by atoms with van der Waals surface area (Å²) in [6.45, 7) is 7.81. The zero-order valence-corrected chi connectivity index (χ0v) is 13.7. The van der Waals surface area contributed by atoms with Crippen molar-refractivity contribution in [2.75, 3.05) is 0 Å². The van der Waals surface area contributed by atoms with E-state index in [4.69, 9.17) is 0 Å². The lowest BCUT2D eigenvalue weighted by atomic mass is 10.1. The molecule has 1 aromatic rings. The van der Waals surface area contributed by atoms with Crippen LogP contribution in [-0.4, -0.2) is 15.8 Å². The largest absolute Gasteiger partial charge is 0.310 e. The fraction of sp³-hybridized carbons (Fsp3) is 0.765. The lowest BCUT2D eigenvalue weighted by molar-refractivity contribution is 0.497. The van der Waals surface area contributed by atoms with E-state index in [0.29, 0.717) is 18.5 Å². The first-order chi connectivity index (χ1) is 10.1. The molecule has 21 heavy (non-hydrogen) atoms. The van der Waals surface area contributed by atoms with Gasteiger partial charge in [-0.05, 0) is 31.2 Å². The number of rotatable bonds is 7. The maximum Gasteiger partial charge on any atom is 0.271 e. The molecular formula is C17H29N3O. The summed E-state index contributed by atoms with van der Waals surface area (Å²) in [6, 6.07) is 2.58. The Bertz CT molecular complexity index is 501. The molecule has 0 radical (unpaired) electrons. The van der Waals surface area contributed by atoms with E-state index in [1.807, 2.05) is 6.07 Å². The van der Waals surface area contributed by atoms with Crippen molar-refractivity contribution in [2.45, 2.75) is 84.3 Å². The van der Waals surface area contributed by atoms with Crippen LogP contribution in [0.25, 0.3) is 0 Å². The zero-order chi connectivity index (χ0) is 15.2. The van der Waals surface area contributed by atoms with E-state index in [2.05, 4.69) is 31.2 Å². The molecule has 1 fully saturated rings. The Balaban J connectivity index is 2.16. The third-order valence-corrected chi connectivity index (χ3v) is 4.32. The predicted molar refractivity (Wildman–Crippen MR) is 86.6 cm³/mol. The fourth-order valence-corrected chi connectivity index (χ4v) is 2.87. The van der Waals surface area contributed by atoms with Gasteiger partial charge in [-0.15, -0.1) is 0 Å². The maximum atomic E-state index is 12.5. The van der Waals surface area contributed by atoms with Gasteiger partial charge in [0.25, 0.3) is 5.56 Å². The van der Waals surface area contributed by atoms with E-state index in [1.165, 1.54) is 25.7 Å². The molecule has 118 valence electrons. The normalized spacial score (nSPS) is 16.0. The van der Waals surface area contributed by atoms with Gasteiger partial charge >= 0.3 is 0 Å². The van der Waals surface area contributed by atoms with Gasteiger partial charge < -0.3 is 5.32 Å². The molecule has 1 aliphatic rings. The van der Waals surface area contributed by atoms with Crippen molar-refractivity contribution in [1.29, 1.82) is 0 Å². The van der Waals surface area contributed by atoms with Crippen LogP contribution < -0.4 is 10.9 Å². The van der Waals surface area contributed by atoms with Crippen molar-refractivity contribution in [3.05, 3.63) is 27.7 Å². The Morgan fingerprint density at radius 3 is 2.71 bits per heavy atom. The van der Waals surface area contributed by atoms with E-state index < -0.39 is 0 Å². The molecule has 0 bridgehead atoms. The van der Waals surface area contributed by atoms with E-state index >= 15 is 0 Å². The highest BCUT2D eigenvalue weighted by Gasteiger charge is 2.16. The fourth-order valence-electron chi connectivity index (χ4n) is 2.87. The Hall–Kier alpha value is -1.16. The lowest BCUT2D eigenvalue weighted by Gasteiger charge is -2.15. The number of nitrogens with one attached hydrogen (secondary N) is 1. The Labute approximate surface area is 127 Å². The van der Waals surface area contributed by atoms with Crippen LogP contribution in [0.4, 0.5) is 0 Å². The van der Waals surface area contributed by atoms with E-state index in [0.717, 1.165) is 30.6 Å². The van der Waals surface area contributed by atoms with E-state index in [9.17, 15) is 4.79 Å². The smallest absolute Gasteiger partial charge is 0.271 e. The highest BCUT2D eigenvalue weighted by atomic mass is 16.1. The van der Waals surface area contributed by atoms with Crippen LogP contribution in [0.2, 0.25) is 0 Å². The Kier molecular flexibility index (Phi) is 5.97. The molecule has 0 saturated heterocycles. The Morgan fingerprint density at radius 2 is 2.10 bits per heavy atom. The van der Waals surface area contributed by atoms with Crippen molar-refractivity contribution in [1.82, 2.24) is 15.1 Å². The molecule has 0 amide bonds. The molecule has 0 aliphatic heterocycles. The van der Waals surface area contributed by atoms with Gasteiger partial charge in [0.1, 0.15) is 0 Å².